The summed E-state index contributed by atoms with van der Waals surface area (Å²) < 4.78 is 5.75. The van der Waals surface area contributed by atoms with Crippen LogP contribution in [-0.2, 0) is 5.41 Å². The molecule has 0 atom stereocenters. The monoisotopic (exact) mass is 635 g/mol. The molecule has 2 amide bonds. The zero-order valence-corrected chi connectivity index (χ0v) is 28.4. The van der Waals surface area contributed by atoms with Gasteiger partial charge in [0.25, 0.3) is 11.8 Å². The van der Waals surface area contributed by atoms with E-state index in [1.807, 2.05) is 48.2 Å². The number of anilines is 1. The van der Waals surface area contributed by atoms with Gasteiger partial charge in [-0.3, -0.25) is 9.59 Å². The Balaban J connectivity index is 0.976. The molecule has 2 aromatic carbocycles. The molecule has 8 rings (SSSR count). The number of rotatable bonds is 8. The van der Waals surface area contributed by atoms with E-state index in [0.29, 0.717) is 49.5 Å². The van der Waals surface area contributed by atoms with E-state index in [2.05, 4.69) is 53.3 Å². The van der Waals surface area contributed by atoms with Crippen molar-refractivity contribution < 1.29 is 14.3 Å². The van der Waals surface area contributed by atoms with Crippen molar-refractivity contribution in [3.05, 3.63) is 71.4 Å². The van der Waals surface area contributed by atoms with Gasteiger partial charge in [0.2, 0.25) is 0 Å². The summed E-state index contributed by atoms with van der Waals surface area (Å²) in [6.45, 7) is 12.3. The van der Waals surface area contributed by atoms with Crippen molar-refractivity contribution in [1.29, 1.82) is 0 Å². The number of hydrogen-bond acceptors (Lipinski definition) is 6. The Bertz CT molecular complexity index is 1580. The van der Waals surface area contributed by atoms with Crippen LogP contribution in [0.2, 0.25) is 0 Å². The molecule has 1 saturated heterocycles. The molecule has 5 fully saturated rings. The molecule has 1 N–H and O–H groups in total. The van der Waals surface area contributed by atoms with Crippen molar-refractivity contribution in [1.82, 2.24) is 20.4 Å². The van der Waals surface area contributed by atoms with Gasteiger partial charge in [0.1, 0.15) is 5.75 Å². The number of carbonyl (C=O) groups is 2. The van der Waals surface area contributed by atoms with Gasteiger partial charge in [-0.2, -0.15) is 0 Å². The lowest BCUT2D eigenvalue weighted by Gasteiger charge is -2.56. The van der Waals surface area contributed by atoms with E-state index in [-0.39, 0.29) is 17.2 Å². The van der Waals surface area contributed by atoms with Crippen molar-refractivity contribution in [3.8, 4) is 16.9 Å². The Morgan fingerprint density at radius 1 is 0.872 bits per heavy atom. The lowest BCUT2D eigenvalue weighted by Crippen LogP contribution is -2.51. The number of piperazine rings is 1. The fourth-order valence-corrected chi connectivity index (χ4v) is 9.08. The Morgan fingerprint density at radius 2 is 1.57 bits per heavy atom. The number of nitrogens with one attached hydrogen (secondary N) is 1. The maximum atomic E-state index is 13.9. The molecule has 0 spiro atoms. The van der Waals surface area contributed by atoms with E-state index >= 15 is 0 Å². The summed E-state index contributed by atoms with van der Waals surface area (Å²) in [4.78, 5) is 31.0. The highest BCUT2D eigenvalue weighted by Crippen LogP contribution is 2.59. The summed E-state index contributed by atoms with van der Waals surface area (Å²) in [7, 11) is 0. The second-order valence-electron chi connectivity index (χ2n) is 15.7. The molecule has 8 nitrogen and oxygen atoms in total. The maximum Gasteiger partial charge on any atom is 0.271 e. The molecule has 2 heterocycles. The van der Waals surface area contributed by atoms with Gasteiger partial charge in [0.05, 0.1) is 6.61 Å². The number of amides is 2. The average molecular weight is 636 g/mol. The average Bonchev–Trinajstić information content (AvgIpc) is 3.06. The Hall–Kier alpha value is -3.94. The van der Waals surface area contributed by atoms with Crippen LogP contribution in [0, 0.1) is 23.2 Å². The van der Waals surface area contributed by atoms with Crippen molar-refractivity contribution in [2.75, 3.05) is 44.2 Å². The molecule has 47 heavy (non-hydrogen) atoms. The van der Waals surface area contributed by atoms with Crippen LogP contribution in [-0.4, -0.2) is 66.2 Å². The van der Waals surface area contributed by atoms with Gasteiger partial charge in [-0.15, -0.1) is 10.2 Å². The number of ether oxygens (including phenoxy) is 1. The summed E-state index contributed by atoms with van der Waals surface area (Å²) in [5, 5.41) is 12.0. The van der Waals surface area contributed by atoms with Crippen LogP contribution in [0.25, 0.3) is 11.1 Å². The Morgan fingerprint density at radius 3 is 2.19 bits per heavy atom. The molecule has 4 aliphatic carbocycles. The SMILES string of the molecule is CCOc1cccc(-c2cc(C(=O)N3CCN(c4ccc(C(=O)NCC56CC7CC(CC(C7)C5)C6)nn4)CC3)cc(C(C)(C)C)c2)c1. The normalized spacial score (nSPS) is 25.1. The van der Waals surface area contributed by atoms with Gasteiger partial charge in [-0.1, -0.05) is 39.0 Å². The number of carbonyl (C=O) groups excluding carboxylic acids is 2. The first kappa shape index (κ1) is 31.6. The fraction of sp³-hybridized carbons (Fsp3) is 0.538. The van der Waals surface area contributed by atoms with Crippen LogP contribution in [0.5, 0.6) is 5.75 Å². The highest BCUT2D eigenvalue weighted by Gasteiger charge is 2.50. The van der Waals surface area contributed by atoms with E-state index in [9.17, 15) is 9.59 Å². The summed E-state index contributed by atoms with van der Waals surface area (Å²) in [5.74, 6) is 4.06. The van der Waals surface area contributed by atoms with E-state index in [4.69, 9.17) is 4.74 Å². The van der Waals surface area contributed by atoms with Crippen molar-refractivity contribution in [2.45, 2.75) is 71.6 Å². The zero-order valence-electron chi connectivity index (χ0n) is 28.4. The molecule has 4 bridgehead atoms. The molecule has 3 aromatic rings. The van der Waals surface area contributed by atoms with Crippen molar-refractivity contribution >= 4 is 17.6 Å². The van der Waals surface area contributed by atoms with Gasteiger partial charge < -0.3 is 19.9 Å². The van der Waals surface area contributed by atoms with E-state index in [1.165, 1.54) is 38.5 Å². The van der Waals surface area contributed by atoms with Gasteiger partial charge in [0.15, 0.2) is 11.5 Å². The van der Waals surface area contributed by atoms with Gasteiger partial charge in [-0.25, -0.2) is 0 Å². The van der Waals surface area contributed by atoms with Crippen LogP contribution in [0.1, 0.15) is 92.6 Å². The van der Waals surface area contributed by atoms with Crippen LogP contribution in [0.15, 0.2) is 54.6 Å². The predicted molar refractivity (Wildman–Crippen MR) is 185 cm³/mol. The minimum absolute atomic E-state index is 0.0371. The summed E-state index contributed by atoms with van der Waals surface area (Å²) in [6, 6.07) is 18.0. The Kier molecular flexibility index (Phi) is 8.48. The van der Waals surface area contributed by atoms with Crippen LogP contribution >= 0.6 is 0 Å². The fourth-order valence-electron chi connectivity index (χ4n) is 9.08. The third kappa shape index (κ3) is 6.74. The lowest BCUT2D eigenvalue weighted by molar-refractivity contribution is -0.0503. The summed E-state index contributed by atoms with van der Waals surface area (Å²) >= 11 is 0. The minimum Gasteiger partial charge on any atom is -0.494 e. The first-order valence-corrected chi connectivity index (χ1v) is 17.6. The highest BCUT2D eigenvalue weighted by molar-refractivity contribution is 5.96. The third-order valence-electron chi connectivity index (χ3n) is 11.1. The van der Waals surface area contributed by atoms with E-state index in [0.717, 1.165) is 52.6 Å². The van der Waals surface area contributed by atoms with Crippen LogP contribution in [0.4, 0.5) is 5.82 Å². The van der Waals surface area contributed by atoms with Gasteiger partial charge >= 0.3 is 0 Å². The van der Waals surface area contributed by atoms with Crippen LogP contribution < -0.4 is 15.0 Å². The molecule has 0 unspecified atom stereocenters. The predicted octanol–water partition coefficient (Wildman–Crippen LogP) is 6.75. The molecule has 248 valence electrons. The quantitative estimate of drug-likeness (QED) is 0.295. The van der Waals surface area contributed by atoms with Gasteiger partial charge in [-0.05, 0) is 127 Å². The molecule has 8 heteroatoms. The zero-order chi connectivity index (χ0) is 32.8. The van der Waals surface area contributed by atoms with Crippen molar-refractivity contribution in [2.24, 2.45) is 23.2 Å². The smallest absolute Gasteiger partial charge is 0.271 e. The largest absolute Gasteiger partial charge is 0.494 e. The van der Waals surface area contributed by atoms with E-state index in [1.54, 1.807) is 6.07 Å². The summed E-state index contributed by atoms with van der Waals surface area (Å²) in [6.07, 6.45) is 8.01. The van der Waals surface area contributed by atoms with Crippen LogP contribution in [0.3, 0.4) is 0 Å². The molecule has 1 aliphatic heterocycles. The molecule has 0 radical (unpaired) electrons. The molecular weight excluding hydrogens is 586 g/mol. The first-order valence-electron chi connectivity index (χ1n) is 17.6. The van der Waals surface area contributed by atoms with Gasteiger partial charge in [0, 0.05) is 38.3 Å². The second-order valence-corrected chi connectivity index (χ2v) is 15.7. The first-order chi connectivity index (χ1) is 22.6. The molecule has 5 aliphatic rings. The number of aromatic nitrogens is 2. The number of benzene rings is 2. The number of hydrogen-bond donors (Lipinski definition) is 1. The lowest BCUT2D eigenvalue weighted by atomic mass is 9.49. The summed E-state index contributed by atoms with van der Waals surface area (Å²) in [5.41, 5.74) is 4.41. The third-order valence-corrected chi connectivity index (χ3v) is 11.1. The minimum atomic E-state index is -0.128. The molecule has 4 saturated carbocycles. The van der Waals surface area contributed by atoms with E-state index < -0.39 is 0 Å². The molecule has 1 aromatic heterocycles. The topological polar surface area (TPSA) is 87.7 Å². The number of nitrogens with zero attached hydrogens (tertiary/aromatic N) is 4. The second kappa shape index (κ2) is 12.6. The van der Waals surface area contributed by atoms with Crippen molar-refractivity contribution in [3.63, 3.8) is 0 Å². The standard InChI is InChI=1S/C39H49N5O3/c1-5-47-33-8-6-7-29(21-33)30-18-31(20-32(19-30)38(2,3)4)37(46)44-13-11-43(12-14-44)35-10-9-34(41-42-35)36(45)40-25-39-22-26-15-27(23-39)17-28(16-26)24-39/h6-10,18-21,26-28H,5,11-17,22-25H2,1-4H3,(H,40,45). The Labute approximate surface area is 279 Å². The highest BCUT2D eigenvalue weighted by atomic mass is 16.5. The molecular formula is C39H49N5O3. The maximum absolute atomic E-state index is 13.9.